The zero-order valence-corrected chi connectivity index (χ0v) is 14.9. The third-order valence-electron chi connectivity index (χ3n) is 3.92. The van der Waals surface area contributed by atoms with Gasteiger partial charge in [-0.3, -0.25) is 9.59 Å². The first-order chi connectivity index (χ1) is 11.0. The van der Waals surface area contributed by atoms with Crippen molar-refractivity contribution in [3.8, 4) is 0 Å². The van der Waals surface area contributed by atoms with Crippen LogP contribution in [0.5, 0.6) is 0 Å². The maximum atomic E-state index is 12.2. The molecule has 24 heavy (non-hydrogen) atoms. The third kappa shape index (κ3) is 5.08. The molecule has 1 rings (SSSR count). The Labute approximate surface area is 142 Å². The van der Waals surface area contributed by atoms with Gasteiger partial charge in [-0.05, 0) is 31.0 Å². The maximum absolute atomic E-state index is 12.2. The van der Waals surface area contributed by atoms with Crippen LogP contribution in [0.1, 0.15) is 57.0 Å². The van der Waals surface area contributed by atoms with Crippen LogP contribution in [-0.4, -0.2) is 28.4 Å². The van der Waals surface area contributed by atoms with Crippen molar-refractivity contribution in [1.82, 2.24) is 10.6 Å². The summed E-state index contributed by atoms with van der Waals surface area (Å²) >= 11 is 0. The van der Waals surface area contributed by atoms with E-state index in [-0.39, 0.29) is 12.3 Å². The van der Waals surface area contributed by atoms with Crippen LogP contribution in [0.3, 0.4) is 0 Å². The third-order valence-corrected chi connectivity index (χ3v) is 3.92. The Bertz CT molecular complexity index is 617. The minimum absolute atomic E-state index is 0.0514. The first-order valence-electron chi connectivity index (χ1n) is 7.93. The molecule has 0 aliphatic rings. The largest absolute Gasteiger partial charge is 0.480 e. The summed E-state index contributed by atoms with van der Waals surface area (Å²) in [6.45, 7) is 9.06. The quantitative estimate of drug-likeness (QED) is 0.744. The molecule has 2 amide bonds. The van der Waals surface area contributed by atoms with E-state index in [2.05, 4.69) is 10.6 Å². The molecule has 0 saturated heterocycles. The van der Waals surface area contributed by atoms with E-state index >= 15 is 0 Å². The van der Waals surface area contributed by atoms with Crippen LogP contribution in [0, 0.1) is 5.41 Å². The van der Waals surface area contributed by atoms with Crippen molar-refractivity contribution in [2.45, 2.75) is 53.1 Å². The van der Waals surface area contributed by atoms with Crippen molar-refractivity contribution in [1.29, 1.82) is 0 Å². The van der Waals surface area contributed by atoms with Gasteiger partial charge in [0, 0.05) is 17.5 Å². The van der Waals surface area contributed by atoms with Crippen LogP contribution < -0.4 is 10.6 Å². The second-order valence-corrected chi connectivity index (χ2v) is 7.07. The molecule has 1 atom stereocenters. The fraction of sp³-hybridized carbons (Fsp3) is 0.500. The van der Waals surface area contributed by atoms with E-state index in [9.17, 15) is 19.5 Å². The molecule has 6 heteroatoms. The molecule has 132 valence electrons. The van der Waals surface area contributed by atoms with Crippen molar-refractivity contribution < 1.29 is 19.5 Å². The van der Waals surface area contributed by atoms with Gasteiger partial charge in [0.25, 0.3) is 5.91 Å². The Morgan fingerprint density at radius 1 is 1.04 bits per heavy atom. The van der Waals surface area contributed by atoms with Gasteiger partial charge in [-0.1, -0.05) is 39.8 Å². The zero-order chi connectivity index (χ0) is 18.5. The first kappa shape index (κ1) is 19.7. The summed E-state index contributed by atoms with van der Waals surface area (Å²) in [5.41, 5.74) is -0.514. The topological polar surface area (TPSA) is 95.5 Å². The summed E-state index contributed by atoms with van der Waals surface area (Å²) in [7, 11) is 0. The molecule has 1 unspecified atom stereocenters. The molecule has 0 aliphatic carbocycles. The predicted octanol–water partition coefficient (Wildman–Crippen LogP) is 2.33. The number of nitrogens with one attached hydrogen (secondary N) is 2. The number of hydrogen-bond acceptors (Lipinski definition) is 3. The molecule has 0 aromatic heterocycles. The average Bonchev–Trinajstić information content (AvgIpc) is 2.51. The Kier molecular flexibility index (Phi) is 6.12. The van der Waals surface area contributed by atoms with E-state index < -0.39 is 22.8 Å². The van der Waals surface area contributed by atoms with Gasteiger partial charge < -0.3 is 15.7 Å². The van der Waals surface area contributed by atoms with Gasteiger partial charge in [-0.2, -0.15) is 0 Å². The number of rotatable bonds is 6. The second-order valence-electron chi connectivity index (χ2n) is 7.07. The van der Waals surface area contributed by atoms with Crippen molar-refractivity contribution in [3.63, 3.8) is 0 Å². The number of amides is 2. The second kappa shape index (κ2) is 7.47. The minimum atomic E-state index is -1.30. The molecule has 0 aliphatic heterocycles. The zero-order valence-electron chi connectivity index (χ0n) is 14.9. The highest BCUT2D eigenvalue weighted by atomic mass is 16.4. The molecule has 0 bridgehead atoms. The molecule has 0 spiro atoms. The number of carbonyl (C=O) groups excluding carboxylic acids is 2. The lowest BCUT2D eigenvalue weighted by Crippen LogP contribution is -2.51. The number of carboxylic acid groups (broad SMARTS) is 1. The van der Waals surface area contributed by atoms with Crippen LogP contribution in [0.4, 0.5) is 0 Å². The van der Waals surface area contributed by atoms with Gasteiger partial charge in [0.2, 0.25) is 5.91 Å². The van der Waals surface area contributed by atoms with Crippen molar-refractivity contribution in [2.24, 2.45) is 5.41 Å². The molecule has 3 N–H and O–H groups in total. The van der Waals surface area contributed by atoms with E-state index in [4.69, 9.17) is 0 Å². The number of carboxylic acids is 1. The summed E-state index contributed by atoms with van der Waals surface area (Å²) in [6, 6.07) is 6.71. The summed E-state index contributed by atoms with van der Waals surface area (Å²) in [5.74, 6) is -1.56. The Morgan fingerprint density at radius 3 is 2.00 bits per heavy atom. The number of carbonyl (C=O) groups is 3. The van der Waals surface area contributed by atoms with E-state index in [0.717, 1.165) is 5.56 Å². The normalized spacial score (nSPS) is 13.7. The molecular formula is C18H26N2O4. The smallest absolute Gasteiger partial charge is 0.329 e. The standard InChI is InChI=1S/C18H26N2O4/c1-6-18(5,16(23)24)20-14(21)13-9-7-12(8-10-13)11-19-15(22)17(2,3)4/h7-10H,6,11H2,1-5H3,(H,19,22)(H,20,21)(H,23,24). The fourth-order valence-electron chi connectivity index (χ4n) is 1.84. The highest BCUT2D eigenvalue weighted by molar-refractivity contribution is 5.97. The summed E-state index contributed by atoms with van der Waals surface area (Å²) in [6.07, 6.45) is 0.283. The highest BCUT2D eigenvalue weighted by Gasteiger charge is 2.33. The van der Waals surface area contributed by atoms with Crippen LogP contribution in [0.15, 0.2) is 24.3 Å². The van der Waals surface area contributed by atoms with Gasteiger partial charge in [-0.25, -0.2) is 4.79 Å². The molecular weight excluding hydrogens is 308 g/mol. The van der Waals surface area contributed by atoms with E-state index in [1.807, 2.05) is 20.8 Å². The van der Waals surface area contributed by atoms with Crippen molar-refractivity contribution in [2.75, 3.05) is 0 Å². The number of benzene rings is 1. The van der Waals surface area contributed by atoms with E-state index in [0.29, 0.717) is 12.1 Å². The van der Waals surface area contributed by atoms with Crippen LogP contribution in [0.25, 0.3) is 0 Å². The summed E-state index contributed by atoms with van der Waals surface area (Å²) in [5, 5.41) is 14.6. The van der Waals surface area contributed by atoms with Crippen LogP contribution in [-0.2, 0) is 16.1 Å². The molecule has 0 radical (unpaired) electrons. The predicted molar refractivity (Wildman–Crippen MR) is 91.5 cm³/mol. The summed E-state index contributed by atoms with van der Waals surface area (Å²) < 4.78 is 0. The Balaban J connectivity index is 2.72. The fourth-order valence-corrected chi connectivity index (χ4v) is 1.84. The maximum Gasteiger partial charge on any atom is 0.329 e. The molecule has 1 aromatic rings. The molecule has 6 nitrogen and oxygen atoms in total. The van der Waals surface area contributed by atoms with Crippen molar-refractivity contribution in [3.05, 3.63) is 35.4 Å². The van der Waals surface area contributed by atoms with Crippen LogP contribution in [0.2, 0.25) is 0 Å². The van der Waals surface area contributed by atoms with Gasteiger partial charge in [-0.15, -0.1) is 0 Å². The molecule has 0 saturated carbocycles. The Morgan fingerprint density at radius 2 is 1.58 bits per heavy atom. The lowest BCUT2D eigenvalue weighted by molar-refractivity contribution is -0.143. The SMILES string of the molecule is CCC(C)(NC(=O)c1ccc(CNC(=O)C(C)(C)C)cc1)C(=O)O. The van der Waals surface area contributed by atoms with Crippen molar-refractivity contribution >= 4 is 17.8 Å². The minimum Gasteiger partial charge on any atom is -0.480 e. The van der Waals surface area contributed by atoms with E-state index in [1.54, 1.807) is 31.2 Å². The number of aliphatic carboxylic acids is 1. The lowest BCUT2D eigenvalue weighted by Gasteiger charge is -2.24. The average molecular weight is 334 g/mol. The Hall–Kier alpha value is -2.37. The van der Waals surface area contributed by atoms with Gasteiger partial charge in [0.15, 0.2) is 0 Å². The first-order valence-corrected chi connectivity index (χ1v) is 7.93. The summed E-state index contributed by atoms with van der Waals surface area (Å²) in [4.78, 5) is 35.3. The molecule has 0 heterocycles. The van der Waals surface area contributed by atoms with Gasteiger partial charge >= 0.3 is 5.97 Å². The monoisotopic (exact) mass is 334 g/mol. The van der Waals surface area contributed by atoms with Gasteiger partial charge in [0.1, 0.15) is 5.54 Å². The highest BCUT2D eigenvalue weighted by Crippen LogP contribution is 2.14. The number of hydrogen-bond donors (Lipinski definition) is 3. The molecule has 0 fully saturated rings. The van der Waals surface area contributed by atoms with E-state index in [1.165, 1.54) is 6.92 Å². The van der Waals surface area contributed by atoms with Crippen LogP contribution >= 0.6 is 0 Å². The van der Waals surface area contributed by atoms with Gasteiger partial charge in [0.05, 0.1) is 0 Å². The lowest BCUT2D eigenvalue weighted by atomic mass is 9.95. The molecule has 1 aromatic carbocycles.